The third kappa shape index (κ3) is 2.38. The van der Waals surface area contributed by atoms with Gasteiger partial charge in [0.15, 0.2) is 12.4 Å². The van der Waals surface area contributed by atoms with E-state index in [-0.39, 0.29) is 24.6 Å². The Morgan fingerprint density at radius 1 is 1.30 bits per heavy atom. The van der Waals surface area contributed by atoms with Gasteiger partial charge in [0.1, 0.15) is 12.2 Å². The molecule has 0 N–H and O–H groups in total. The molecule has 2 aliphatic rings. The van der Waals surface area contributed by atoms with E-state index in [0.29, 0.717) is 6.61 Å². The molecule has 1 saturated heterocycles. The van der Waals surface area contributed by atoms with Crippen molar-refractivity contribution in [2.24, 2.45) is 0 Å². The van der Waals surface area contributed by atoms with E-state index in [1.165, 1.54) is 0 Å². The third-order valence-corrected chi connectivity index (χ3v) is 3.63. The largest absolute Gasteiger partial charge is 0.492 e. The number of hydrogen-bond acceptors (Lipinski definition) is 4. The Hall–Kier alpha value is -1.62. The van der Waals surface area contributed by atoms with Crippen LogP contribution in [0, 0.1) is 0 Å². The van der Waals surface area contributed by atoms with Gasteiger partial charge in [-0.2, -0.15) is 0 Å². The molecule has 4 heteroatoms. The van der Waals surface area contributed by atoms with E-state index in [9.17, 15) is 0 Å². The first-order valence-electron chi connectivity index (χ1n) is 6.66. The van der Waals surface area contributed by atoms with Crippen molar-refractivity contribution >= 4 is 0 Å². The molecule has 2 aliphatic heterocycles. The monoisotopic (exact) mass is 274 g/mol. The van der Waals surface area contributed by atoms with Crippen molar-refractivity contribution in [2.45, 2.75) is 24.6 Å². The van der Waals surface area contributed by atoms with E-state index in [1.54, 1.807) is 19.4 Å². The quantitative estimate of drug-likeness (QED) is 0.849. The van der Waals surface area contributed by atoms with E-state index in [0.717, 1.165) is 11.1 Å². The van der Waals surface area contributed by atoms with Crippen LogP contribution in [0.2, 0.25) is 0 Å². The maximum atomic E-state index is 6.05. The van der Waals surface area contributed by atoms with Crippen molar-refractivity contribution in [1.82, 2.24) is 0 Å². The lowest BCUT2D eigenvalue weighted by molar-refractivity contribution is -0.279. The normalized spacial score (nSPS) is 32.8. The van der Waals surface area contributed by atoms with E-state index >= 15 is 0 Å². The number of methoxy groups -OCH3 is 1. The molecule has 0 aliphatic carbocycles. The van der Waals surface area contributed by atoms with Crippen LogP contribution in [0.3, 0.4) is 0 Å². The van der Waals surface area contributed by atoms with Gasteiger partial charge in [0, 0.05) is 18.2 Å². The van der Waals surface area contributed by atoms with Crippen LogP contribution >= 0.6 is 0 Å². The summed E-state index contributed by atoms with van der Waals surface area (Å²) in [4.78, 5) is 0. The van der Waals surface area contributed by atoms with Gasteiger partial charge >= 0.3 is 0 Å². The molecule has 0 saturated carbocycles. The van der Waals surface area contributed by atoms with Crippen LogP contribution in [0.4, 0.5) is 0 Å². The highest BCUT2D eigenvalue weighted by Gasteiger charge is 2.42. The van der Waals surface area contributed by atoms with Crippen LogP contribution < -0.4 is 0 Å². The minimum Gasteiger partial charge on any atom is -0.492 e. The zero-order chi connectivity index (χ0) is 13.9. The number of ether oxygens (including phenoxy) is 4. The standard InChI is InChI=1S/C16H18O4/c1-3-11-9-18-13-10-19-16(12-7-5-4-6-8-12)20-15(13)14(11)17-2/h3-9,13-16H,1,10H2,2H3/t13-,14-,15-,16?/m1/s1. The van der Waals surface area contributed by atoms with Crippen LogP contribution in [0.1, 0.15) is 11.9 Å². The fourth-order valence-electron chi connectivity index (χ4n) is 2.57. The fourth-order valence-corrected chi connectivity index (χ4v) is 2.57. The minimum absolute atomic E-state index is 0.149. The first-order valence-corrected chi connectivity index (χ1v) is 6.66. The molecule has 1 fully saturated rings. The summed E-state index contributed by atoms with van der Waals surface area (Å²) in [6.45, 7) is 4.26. The lowest BCUT2D eigenvalue weighted by Gasteiger charge is -2.42. The number of benzene rings is 1. The zero-order valence-corrected chi connectivity index (χ0v) is 11.4. The van der Waals surface area contributed by atoms with Crippen molar-refractivity contribution in [3.63, 3.8) is 0 Å². The molecule has 1 aromatic rings. The van der Waals surface area contributed by atoms with Crippen molar-refractivity contribution in [1.29, 1.82) is 0 Å². The summed E-state index contributed by atoms with van der Waals surface area (Å²) in [6, 6.07) is 9.87. The van der Waals surface area contributed by atoms with Gasteiger partial charge in [0.25, 0.3) is 0 Å². The van der Waals surface area contributed by atoms with Crippen molar-refractivity contribution in [3.8, 4) is 0 Å². The van der Waals surface area contributed by atoms with Gasteiger partial charge in [-0.3, -0.25) is 0 Å². The minimum atomic E-state index is -0.386. The predicted octanol–water partition coefficient (Wildman–Crippen LogP) is 2.58. The number of fused-ring (bicyclic) bond motifs is 1. The smallest absolute Gasteiger partial charge is 0.184 e. The second kappa shape index (κ2) is 5.79. The van der Waals surface area contributed by atoms with Gasteiger partial charge in [-0.15, -0.1) is 0 Å². The lowest BCUT2D eigenvalue weighted by Crippen LogP contribution is -2.51. The molecule has 0 aromatic heterocycles. The molecule has 1 unspecified atom stereocenters. The molecule has 0 amide bonds. The van der Waals surface area contributed by atoms with Crippen LogP contribution in [-0.4, -0.2) is 32.0 Å². The summed E-state index contributed by atoms with van der Waals surface area (Å²) in [7, 11) is 1.67. The molecule has 0 bridgehead atoms. The SMILES string of the molecule is C=CC1=CO[C@@H]2COC(c3ccccc3)O[C@H]2[C@@H]1OC. The first-order chi connectivity index (χ1) is 9.83. The summed E-state index contributed by atoms with van der Waals surface area (Å²) in [5.74, 6) is 0. The average molecular weight is 274 g/mol. The highest BCUT2D eigenvalue weighted by molar-refractivity contribution is 5.25. The van der Waals surface area contributed by atoms with Crippen molar-refractivity contribution in [2.75, 3.05) is 13.7 Å². The van der Waals surface area contributed by atoms with Gasteiger partial charge in [-0.25, -0.2) is 0 Å². The van der Waals surface area contributed by atoms with Gasteiger partial charge in [0.05, 0.1) is 12.9 Å². The molecule has 1 aromatic carbocycles. The first kappa shape index (κ1) is 13.4. The van der Waals surface area contributed by atoms with Crippen LogP contribution in [-0.2, 0) is 18.9 Å². The average Bonchev–Trinajstić information content (AvgIpc) is 2.54. The molecule has 2 heterocycles. The van der Waals surface area contributed by atoms with E-state index < -0.39 is 0 Å². The molecule has 20 heavy (non-hydrogen) atoms. The Kier molecular flexibility index (Phi) is 3.87. The Bertz CT molecular complexity index is 496. The van der Waals surface area contributed by atoms with Crippen LogP contribution in [0.25, 0.3) is 0 Å². The molecule has 106 valence electrons. The van der Waals surface area contributed by atoms with Crippen molar-refractivity contribution < 1.29 is 18.9 Å². The number of hydrogen-bond donors (Lipinski definition) is 0. The molecule has 0 radical (unpaired) electrons. The molecular formula is C16H18O4. The highest BCUT2D eigenvalue weighted by Crippen LogP contribution is 2.34. The molecule has 4 atom stereocenters. The maximum absolute atomic E-state index is 6.05. The highest BCUT2D eigenvalue weighted by atomic mass is 16.7. The van der Waals surface area contributed by atoms with E-state index in [2.05, 4.69) is 6.58 Å². The Morgan fingerprint density at radius 3 is 2.80 bits per heavy atom. The molecular weight excluding hydrogens is 256 g/mol. The summed E-state index contributed by atoms with van der Waals surface area (Å²) in [5.41, 5.74) is 1.89. The summed E-state index contributed by atoms with van der Waals surface area (Å²) >= 11 is 0. The number of rotatable bonds is 3. The molecule has 3 rings (SSSR count). The fraction of sp³-hybridized carbons (Fsp3) is 0.375. The Balaban J connectivity index is 1.81. The van der Waals surface area contributed by atoms with E-state index in [4.69, 9.17) is 18.9 Å². The molecule has 4 nitrogen and oxygen atoms in total. The second-order valence-corrected chi connectivity index (χ2v) is 4.83. The summed E-state index contributed by atoms with van der Waals surface area (Å²) in [6.07, 6.45) is 2.50. The zero-order valence-electron chi connectivity index (χ0n) is 11.4. The Labute approximate surface area is 118 Å². The summed E-state index contributed by atoms with van der Waals surface area (Å²) < 4.78 is 23.0. The van der Waals surface area contributed by atoms with Crippen LogP contribution in [0.5, 0.6) is 0 Å². The topological polar surface area (TPSA) is 36.9 Å². The summed E-state index contributed by atoms with van der Waals surface area (Å²) in [5, 5.41) is 0. The Morgan fingerprint density at radius 2 is 2.10 bits per heavy atom. The van der Waals surface area contributed by atoms with Gasteiger partial charge in [-0.1, -0.05) is 43.0 Å². The predicted molar refractivity (Wildman–Crippen MR) is 74.0 cm³/mol. The van der Waals surface area contributed by atoms with E-state index in [1.807, 2.05) is 30.3 Å². The van der Waals surface area contributed by atoms with Crippen LogP contribution in [0.15, 0.2) is 54.8 Å². The van der Waals surface area contributed by atoms with Gasteiger partial charge < -0.3 is 18.9 Å². The third-order valence-electron chi connectivity index (χ3n) is 3.63. The maximum Gasteiger partial charge on any atom is 0.184 e. The molecule has 0 spiro atoms. The van der Waals surface area contributed by atoms with Gasteiger partial charge in [-0.05, 0) is 0 Å². The van der Waals surface area contributed by atoms with Crippen molar-refractivity contribution in [3.05, 3.63) is 60.4 Å². The second-order valence-electron chi connectivity index (χ2n) is 4.83. The van der Waals surface area contributed by atoms with Gasteiger partial charge in [0.2, 0.25) is 0 Å². The lowest BCUT2D eigenvalue weighted by atomic mass is 9.97.